The topological polar surface area (TPSA) is 22.2 Å². The van der Waals surface area contributed by atoms with E-state index >= 15 is 0 Å². The first kappa shape index (κ1) is 30.5. The van der Waals surface area contributed by atoms with Gasteiger partial charge in [0.1, 0.15) is 0 Å². The summed E-state index contributed by atoms with van der Waals surface area (Å²) in [5, 5.41) is 7.46. The van der Waals surface area contributed by atoms with E-state index in [1.165, 1.54) is 80.7 Å². The van der Waals surface area contributed by atoms with Crippen molar-refractivity contribution in [3.05, 3.63) is 188 Å². The molecule has 0 saturated heterocycles. The van der Waals surface area contributed by atoms with Crippen molar-refractivity contribution in [2.24, 2.45) is 0 Å². The fourth-order valence-electron chi connectivity index (χ4n) is 8.69. The second kappa shape index (κ2) is 11.7. The molecule has 0 aliphatic carbocycles. The van der Waals surface area contributed by atoms with Gasteiger partial charge in [-0.1, -0.05) is 146 Å². The zero-order valence-corrected chi connectivity index (χ0v) is 30.5. The lowest BCUT2D eigenvalue weighted by Crippen LogP contribution is -1.93. The Morgan fingerprint density at radius 1 is 0.400 bits per heavy atom. The van der Waals surface area contributed by atoms with E-state index < -0.39 is 0 Å². The molecule has 12 rings (SSSR count). The fraction of sp³-hybridized carbons (Fsp3) is 0. The van der Waals surface area contributed by atoms with Gasteiger partial charge in [-0.05, 0) is 75.7 Å². The van der Waals surface area contributed by atoms with Crippen molar-refractivity contribution in [2.75, 3.05) is 0 Å². The van der Waals surface area contributed by atoms with Crippen molar-refractivity contribution in [3.8, 4) is 39.2 Å². The summed E-state index contributed by atoms with van der Waals surface area (Å²) in [5.41, 5.74) is 13.9. The molecule has 0 aliphatic heterocycles. The van der Waals surface area contributed by atoms with Crippen LogP contribution in [-0.4, -0.2) is 14.0 Å². The van der Waals surface area contributed by atoms with Crippen molar-refractivity contribution >= 4 is 80.8 Å². The van der Waals surface area contributed by atoms with Gasteiger partial charge in [0.25, 0.3) is 0 Å². The van der Waals surface area contributed by atoms with Crippen molar-refractivity contribution in [3.63, 3.8) is 0 Å². The van der Waals surface area contributed by atoms with Gasteiger partial charge in [0.05, 0.1) is 32.5 Å². The van der Waals surface area contributed by atoms with Gasteiger partial charge in [-0.25, -0.2) is 4.98 Å². The third-order valence-corrected chi connectivity index (χ3v) is 12.5. The van der Waals surface area contributed by atoms with Crippen LogP contribution in [0.25, 0.3) is 109 Å². The average Bonchev–Trinajstić information content (AvgIpc) is 3.94. The van der Waals surface area contributed by atoms with E-state index in [2.05, 4.69) is 197 Å². The van der Waals surface area contributed by atoms with E-state index in [4.69, 9.17) is 4.98 Å². The maximum absolute atomic E-state index is 5.37. The number of fused-ring (bicyclic) bond motifs is 12. The SMILES string of the molecule is c1ccc(-n2c3ccccc3c3ccc(-c4ccc(-c5ccc(-c6cc7c8ccccc8sc7c7nc8c9ccccc9ccc8n67)cc5)cc4)cc32)cc1. The molecule has 0 bridgehead atoms. The summed E-state index contributed by atoms with van der Waals surface area (Å²) >= 11 is 1.83. The van der Waals surface area contributed by atoms with Crippen LogP contribution in [0, 0.1) is 0 Å². The Hall–Kier alpha value is -7.01. The number of nitrogens with zero attached hydrogens (tertiary/aromatic N) is 3. The van der Waals surface area contributed by atoms with Crippen LogP contribution in [0.4, 0.5) is 0 Å². The molecule has 12 aromatic rings. The number of benzene rings is 8. The number of para-hydroxylation sites is 2. The average molecular weight is 718 g/mol. The lowest BCUT2D eigenvalue weighted by molar-refractivity contribution is 1.18. The van der Waals surface area contributed by atoms with Crippen LogP contribution >= 0.6 is 11.3 Å². The van der Waals surface area contributed by atoms with Crippen LogP contribution < -0.4 is 0 Å². The van der Waals surface area contributed by atoms with Crippen LogP contribution in [0.1, 0.15) is 0 Å². The summed E-state index contributed by atoms with van der Waals surface area (Å²) < 4.78 is 7.26. The Balaban J connectivity index is 0.952. The molecule has 0 fully saturated rings. The number of rotatable bonds is 4. The number of thiophene rings is 1. The Bertz CT molecular complexity index is 3460. The minimum absolute atomic E-state index is 1.02. The Morgan fingerprint density at radius 3 is 1.82 bits per heavy atom. The predicted octanol–water partition coefficient (Wildman–Crippen LogP) is 14.1. The van der Waals surface area contributed by atoms with Crippen molar-refractivity contribution < 1.29 is 0 Å². The largest absolute Gasteiger partial charge is 0.309 e. The van der Waals surface area contributed by atoms with Gasteiger partial charge >= 0.3 is 0 Å². The molecule has 0 saturated carbocycles. The molecule has 0 unspecified atom stereocenters. The fourth-order valence-corrected chi connectivity index (χ4v) is 9.85. The van der Waals surface area contributed by atoms with Crippen molar-refractivity contribution in [1.29, 1.82) is 0 Å². The molecule has 256 valence electrons. The van der Waals surface area contributed by atoms with Gasteiger partial charge in [-0.3, -0.25) is 4.40 Å². The van der Waals surface area contributed by atoms with E-state index in [0.717, 1.165) is 27.9 Å². The molecule has 4 heteroatoms. The summed E-state index contributed by atoms with van der Waals surface area (Å²) in [6, 6.07) is 68.4. The van der Waals surface area contributed by atoms with Gasteiger partial charge in [-0.2, -0.15) is 0 Å². The van der Waals surface area contributed by atoms with Crippen LogP contribution in [0.5, 0.6) is 0 Å². The molecule has 0 spiro atoms. The molecular weight excluding hydrogens is 687 g/mol. The van der Waals surface area contributed by atoms with E-state index in [1.807, 2.05) is 11.3 Å². The molecular formula is C51H31N3S. The third-order valence-electron chi connectivity index (χ3n) is 11.3. The number of hydrogen-bond acceptors (Lipinski definition) is 2. The predicted molar refractivity (Wildman–Crippen MR) is 234 cm³/mol. The van der Waals surface area contributed by atoms with E-state index in [9.17, 15) is 0 Å². The van der Waals surface area contributed by atoms with Gasteiger partial charge < -0.3 is 4.57 Å². The highest BCUT2D eigenvalue weighted by molar-refractivity contribution is 7.26. The molecule has 0 amide bonds. The Morgan fingerprint density at radius 2 is 1.02 bits per heavy atom. The maximum Gasteiger partial charge on any atom is 0.156 e. The summed E-state index contributed by atoms with van der Waals surface area (Å²) in [6.07, 6.45) is 0. The summed E-state index contributed by atoms with van der Waals surface area (Å²) in [5.74, 6) is 0. The molecule has 3 nitrogen and oxygen atoms in total. The monoisotopic (exact) mass is 717 g/mol. The first-order valence-electron chi connectivity index (χ1n) is 18.7. The highest BCUT2D eigenvalue weighted by atomic mass is 32.1. The number of aromatic nitrogens is 3. The normalized spacial score (nSPS) is 12.0. The summed E-state index contributed by atoms with van der Waals surface area (Å²) in [7, 11) is 0. The van der Waals surface area contributed by atoms with E-state index in [-0.39, 0.29) is 0 Å². The molecule has 8 aromatic carbocycles. The minimum atomic E-state index is 1.02. The summed E-state index contributed by atoms with van der Waals surface area (Å²) in [4.78, 5) is 5.37. The van der Waals surface area contributed by atoms with Gasteiger partial charge in [-0.15, -0.1) is 11.3 Å². The van der Waals surface area contributed by atoms with Crippen molar-refractivity contribution in [1.82, 2.24) is 14.0 Å². The molecule has 4 aromatic heterocycles. The molecule has 0 atom stereocenters. The molecule has 0 aliphatic rings. The zero-order chi connectivity index (χ0) is 36.0. The zero-order valence-electron chi connectivity index (χ0n) is 29.6. The summed E-state index contributed by atoms with van der Waals surface area (Å²) in [6.45, 7) is 0. The van der Waals surface area contributed by atoms with E-state index in [1.54, 1.807) is 0 Å². The third kappa shape index (κ3) is 4.59. The van der Waals surface area contributed by atoms with Gasteiger partial charge in [0.15, 0.2) is 5.65 Å². The second-order valence-corrected chi connectivity index (χ2v) is 15.4. The highest BCUT2D eigenvalue weighted by Gasteiger charge is 2.19. The lowest BCUT2D eigenvalue weighted by atomic mass is 9.98. The minimum Gasteiger partial charge on any atom is -0.309 e. The van der Waals surface area contributed by atoms with Gasteiger partial charge in [0, 0.05) is 37.3 Å². The van der Waals surface area contributed by atoms with Crippen molar-refractivity contribution in [2.45, 2.75) is 0 Å². The highest BCUT2D eigenvalue weighted by Crippen LogP contribution is 2.42. The first-order chi connectivity index (χ1) is 27.3. The number of pyridine rings is 1. The van der Waals surface area contributed by atoms with Crippen LogP contribution in [-0.2, 0) is 0 Å². The quantitative estimate of drug-likeness (QED) is 0.178. The Labute approximate surface area is 320 Å². The van der Waals surface area contributed by atoms with Crippen LogP contribution in [0.2, 0.25) is 0 Å². The van der Waals surface area contributed by atoms with Gasteiger partial charge in [0.2, 0.25) is 0 Å². The first-order valence-corrected chi connectivity index (χ1v) is 19.5. The lowest BCUT2D eigenvalue weighted by Gasteiger charge is -2.11. The van der Waals surface area contributed by atoms with Crippen LogP contribution in [0.15, 0.2) is 188 Å². The maximum atomic E-state index is 5.37. The molecule has 0 N–H and O–H groups in total. The number of hydrogen-bond donors (Lipinski definition) is 0. The second-order valence-electron chi connectivity index (χ2n) is 14.4. The molecule has 0 radical (unpaired) electrons. The number of imidazole rings is 1. The van der Waals surface area contributed by atoms with E-state index in [0.29, 0.717) is 0 Å². The van der Waals surface area contributed by atoms with Crippen LogP contribution in [0.3, 0.4) is 0 Å². The smallest absolute Gasteiger partial charge is 0.156 e. The Kier molecular flexibility index (Phi) is 6.50. The standard InChI is InChI=1S/C51H31N3S/c1-2-11-38(12-3-1)53-44-16-8-6-14-40(44)41-28-26-37(30-47(41)53)34-20-18-32(19-21-34)33-22-24-36(25-23-33)46-31-43-42-15-7-9-17-48(42)55-50(43)51-52-49-39-13-5-4-10-35(39)27-29-45(49)54(46)51/h1-31H. The molecule has 55 heavy (non-hydrogen) atoms. The molecule has 4 heterocycles.